The summed E-state index contributed by atoms with van der Waals surface area (Å²) in [4.78, 5) is 25.7. The van der Waals surface area contributed by atoms with Crippen molar-refractivity contribution < 1.29 is 9.53 Å². The van der Waals surface area contributed by atoms with Crippen molar-refractivity contribution in [3.8, 4) is 5.69 Å². The zero-order valence-electron chi connectivity index (χ0n) is 19.7. The molecule has 0 bridgehead atoms. The van der Waals surface area contributed by atoms with E-state index in [-0.39, 0.29) is 5.91 Å². The van der Waals surface area contributed by atoms with Gasteiger partial charge in [0, 0.05) is 40.7 Å². The molecule has 1 amide bonds. The van der Waals surface area contributed by atoms with Crippen LogP contribution in [0.15, 0.2) is 40.2 Å². The van der Waals surface area contributed by atoms with Crippen LogP contribution in [-0.2, 0) is 9.53 Å². The van der Waals surface area contributed by atoms with E-state index in [1.165, 1.54) is 28.8 Å². The Hall–Kier alpha value is -2.88. The number of aromatic nitrogens is 2. The molecular formula is C25H27N5O2S2. The third kappa shape index (κ3) is 4.55. The number of amides is 1. The van der Waals surface area contributed by atoms with Gasteiger partial charge in [0.05, 0.1) is 23.8 Å². The molecule has 2 aliphatic heterocycles. The molecule has 2 aromatic heterocycles. The van der Waals surface area contributed by atoms with E-state index in [1.54, 1.807) is 0 Å². The molecule has 176 valence electrons. The number of rotatable bonds is 4. The second-order valence-corrected chi connectivity index (χ2v) is 10.6. The number of thioether (sulfide) groups is 1. The molecule has 0 spiro atoms. The maximum Gasteiger partial charge on any atom is 0.264 e. The summed E-state index contributed by atoms with van der Waals surface area (Å²) in [5.74, 6) is -0.131. The van der Waals surface area contributed by atoms with Crippen LogP contribution in [0.5, 0.6) is 0 Å². The number of thiazole rings is 1. The van der Waals surface area contributed by atoms with Crippen LogP contribution in [-0.4, -0.2) is 46.9 Å². The van der Waals surface area contributed by atoms with E-state index in [9.17, 15) is 4.79 Å². The molecule has 3 aromatic rings. The van der Waals surface area contributed by atoms with Crippen LogP contribution in [0, 0.1) is 27.7 Å². The number of carbonyl (C=O) groups excluding carboxylic acids is 1. The maximum absolute atomic E-state index is 12.6. The second-order valence-electron chi connectivity index (χ2n) is 8.40. The summed E-state index contributed by atoms with van der Waals surface area (Å²) in [5.41, 5.74) is 6.53. The smallest absolute Gasteiger partial charge is 0.264 e. The highest BCUT2D eigenvalue weighted by atomic mass is 32.2. The largest absolute Gasteiger partial charge is 0.378 e. The molecule has 2 aliphatic rings. The van der Waals surface area contributed by atoms with Gasteiger partial charge in [-0.3, -0.25) is 4.79 Å². The van der Waals surface area contributed by atoms with Gasteiger partial charge >= 0.3 is 0 Å². The van der Waals surface area contributed by atoms with Crippen molar-refractivity contribution in [2.75, 3.05) is 31.2 Å². The van der Waals surface area contributed by atoms with Crippen molar-refractivity contribution in [2.24, 2.45) is 4.99 Å². The first-order valence-electron chi connectivity index (χ1n) is 11.2. The predicted molar refractivity (Wildman–Crippen MR) is 141 cm³/mol. The third-order valence-corrected chi connectivity index (χ3v) is 7.98. The first kappa shape index (κ1) is 22.9. The standard InChI is InChI=1S/C25H27N5O2S2/c1-15-13-19(14-22-23(31)27-25(34-22)28-24-26-16(2)18(4)33-24)17(3)30(15)21-7-5-20(6-8-21)29-9-11-32-12-10-29/h5-8,13-14H,9-12H2,1-4H3,(H,26,27,28,31)/b22-14-. The highest BCUT2D eigenvalue weighted by molar-refractivity contribution is 8.18. The lowest BCUT2D eigenvalue weighted by atomic mass is 10.2. The Morgan fingerprint density at radius 1 is 1.09 bits per heavy atom. The Labute approximate surface area is 207 Å². The number of hydrogen-bond donors (Lipinski definition) is 1. The van der Waals surface area contributed by atoms with E-state index in [1.807, 2.05) is 19.9 Å². The van der Waals surface area contributed by atoms with Gasteiger partial charge in [-0.2, -0.15) is 4.99 Å². The van der Waals surface area contributed by atoms with Crippen LogP contribution in [0.1, 0.15) is 27.5 Å². The fraction of sp³-hybridized carbons (Fsp3) is 0.320. The van der Waals surface area contributed by atoms with Gasteiger partial charge in [0.1, 0.15) is 0 Å². The van der Waals surface area contributed by atoms with E-state index in [0.29, 0.717) is 15.2 Å². The number of benzene rings is 1. The molecule has 0 unspecified atom stereocenters. The van der Waals surface area contributed by atoms with Gasteiger partial charge < -0.3 is 19.5 Å². The quantitative estimate of drug-likeness (QED) is 0.524. The summed E-state index contributed by atoms with van der Waals surface area (Å²) < 4.78 is 7.69. The van der Waals surface area contributed by atoms with Crippen molar-refractivity contribution in [3.05, 3.63) is 62.8 Å². The molecule has 2 fully saturated rings. The Morgan fingerprint density at radius 2 is 1.79 bits per heavy atom. The van der Waals surface area contributed by atoms with Crippen LogP contribution in [0.25, 0.3) is 11.8 Å². The maximum atomic E-state index is 12.6. The average molecular weight is 494 g/mol. The van der Waals surface area contributed by atoms with Gasteiger partial charge in [0.2, 0.25) is 5.13 Å². The van der Waals surface area contributed by atoms with Crippen molar-refractivity contribution in [1.82, 2.24) is 14.9 Å². The Kier molecular flexibility index (Phi) is 6.33. The van der Waals surface area contributed by atoms with E-state index in [4.69, 9.17) is 4.74 Å². The van der Waals surface area contributed by atoms with Crippen molar-refractivity contribution >= 4 is 51.1 Å². The summed E-state index contributed by atoms with van der Waals surface area (Å²) in [7, 11) is 0. The summed E-state index contributed by atoms with van der Waals surface area (Å²) in [6, 6.07) is 10.8. The van der Waals surface area contributed by atoms with Crippen LogP contribution < -0.4 is 10.2 Å². The van der Waals surface area contributed by atoms with E-state index in [2.05, 4.69) is 68.9 Å². The van der Waals surface area contributed by atoms with Gasteiger partial charge in [-0.05, 0) is 81.4 Å². The average Bonchev–Trinajstić information content (AvgIpc) is 3.43. The van der Waals surface area contributed by atoms with Gasteiger partial charge in [0.25, 0.3) is 5.91 Å². The van der Waals surface area contributed by atoms with Crippen LogP contribution in [0.2, 0.25) is 0 Å². The van der Waals surface area contributed by atoms with Gasteiger partial charge in [0.15, 0.2) is 5.17 Å². The Balaban J connectivity index is 1.38. The predicted octanol–water partition coefficient (Wildman–Crippen LogP) is 4.90. The molecule has 0 aliphatic carbocycles. The number of anilines is 1. The van der Waals surface area contributed by atoms with E-state index < -0.39 is 0 Å². The molecule has 4 heterocycles. The zero-order chi connectivity index (χ0) is 23.8. The lowest BCUT2D eigenvalue weighted by Crippen LogP contribution is -2.36. The molecule has 0 saturated carbocycles. The number of nitrogens with zero attached hydrogens (tertiary/aromatic N) is 4. The lowest BCUT2D eigenvalue weighted by molar-refractivity contribution is -0.115. The topological polar surface area (TPSA) is 71.8 Å². The number of aryl methyl sites for hydroxylation is 3. The van der Waals surface area contributed by atoms with Crippen LogP contribution in [0.4, 0.5) is 10.8 Å². The Bertz CT molecular complexity index is 1280. The van der Waals surface area contributed by atoms with Gasteiger partial charge in [-0.1, -0.05) is 11.3 Å². The summed E-state index contributed by atoms with van der Waals surface area (Å²) in [6.45, 7) is 11.6. The lowest BCUT2D eigenvalue weighted by Gasteiger charge is -2.29. The van der Waals surface area contributed by atoms with Crippen LogP contribution in [0.3, 0.4) is 0 Å². The van der Waals surface area contributed by atoms with E-state index >= 15 is 0 Å². The fourth-order valence-corrected chi connectivity index (χ4v) is 5.84. The fourth-order valence-electron chi connectivity index (χ4n) is 4.18. The van der Waals surface area contributed by atoms with Crippen LogP contribution >= 0.6 is 23.1 Å². The number of amidine groups is 1. The second kappa shape index (κ2) is 9.40. The molecule has 7 nitrogen and oxygen atoms in total. The highest BCUT2D eigenvalue weighted by Crippen LogP contribution is 2.32. The molecule has 5 rings (SSSR count). The molecule has 34 heavy (non-hydrogen) atoms. The summed E-state index contributed by atoms with van der Waals surface area (Å²) in [5, 5.41) is 4.10. The van der Waals surface area contributed by atoms with Crippen molar-refractivity contribution in [3.63, 3.8) is 0 Å². The number of hydrogen-bond acceptors (Lipinski definition) is 7. The normalized spacial score (nSPS) is 18.8. The number of morpholine rings is 1. The monoisotopic (exact) mass is 493 g/mol. The summed E-state index contributed by atoms with van der Waals surface area (Å²) in [6.07, 6.45) is 1.95. The van der Waals surface area contributed by atoms with Crippen molar-refractivity contribution in [1.29, 1.82) is 0 Å². The van der Waals surface area contributed by atoms with E-state index in [0.717, 1.165) is 59.5 Å². The number of aliphatic imine (C=N–C) groups is 1. The Morgan fingerprint density at radius 3 is 2.47 bits per heavy atom. The molecule has 9 heteroatoms. The number of ether oxygens (including phenoxy) is 1. The first-order valence-corrected chi connectivity index (χ1v) is 12.9. The third-order valence-electron chi connectivity index (χ3n) is 6.11. The molecule has 2 saturated heterocycles. The van der Waals surface area contributed by atoms with Gasteiger partial charge in [-0.15, -0.1) is 0 Å². The SMILES string of the molecule is Cc1nc(/N=C2\NC(=O)/C(=C/c3cc(C)n(-c4ccc(N5CCOCC5)cc4)c3C)S2)sc1C. The minimum absolute atomic E-state index is 0.131. The minimum Gasteiger partial charge on any atom is -0.378 e. The molecule has 0 radical (unpaired) electrons. The minimum atomic E-state index is -0.131. The zero-order valence-corrected chi connectivity index (χ0v) is 21.3. The number of carbonyl (C=O) groups is 1. The molecular weight excluding hydrogens is 466 g/mol. The first-order chi connectivity index (χ1) is 16.4. The molecule has 1 N–H and O–H groups in total. The highest BCUT2D eigenvalue weighted by Gasteiger charge is 2.25. The van der Waals surface area contributed by atoms with Gasteiger partial charge in [-0.25, -0.2) is 4.98 Å². The summed E-state index contributed by atoms with van der Waals surface area (Å²) >= 11 is 2.88. The molecule has 1 aromatic carbocycles. The van der Waals surface area contributed by atoms with Crippen molar-refractivity contribution in [2.45, 2.75) is 27.7 Å². The number of nitrogens with one attached hydrogen (secondary N) is 1. The molecule has 0 atom stereocenters.